The van der Waals surface area contributed by atoms with E-state index in [0.717, 1.165) is 51.7 Å². The van der Waals surface area contributed by atoms with Gasteiger partial charge in [0.25, 0.3) is 0 Å². The molecule has 9 heteroatoms. The van der Waals surface area contributed by atoms with E-state index in [1.54, 1.807) is 6.07 Å². The first-order chi connectivity index (χ1) is 13.3. The zero-order chi connectivity index (χ0) is 20.1. The number of hydrogen-bond acceptors (Lipinski definition) is 5. The topological polar surface area (TPSA) is 113 Å². The highest BCUT2D eigenvalue weighted by molar-refractivity contribution is 7.89. The number of nitrogens with zero attached hydrogens (tertiary/aromatic N) is 2. The average Bonchev–Trinajstić information content (AvgIpc) is 3.20. The van der Waals surface area contributed by atoms with Gasteiger partial charge in [-0.3, -0.25) is 14.5 Å². The zero-order valence-electron chi connectivity index (χ0n) is 16.0. The molecular weight excluding hydrogens is 380 g/mol. The van der Waals surface area contributed by atoms with E-state index in [1.165, 1.54) is 18.2 Å². The van der Waals surface area contributed by atoms with Crippen LogP contribution in [0.1, 0.15) is 38.5 Å². The number of rotatable bonds is 6. The van der Waals surface area contributed by atoms with E-state index in [-0.39, 0.29) is 29.2 Å². The molecule has 2 heterocycles. The van der Waals surface area contributed by atoms with Crippen LogP contribution in [0.15, 0.2) is 29.2 Å². The molecule has 154 valence electrons. The quantitative estimate of drug-likeness (QED) is 0.733. The van der Waals surface area contributed by atoms with Crippen molar-refractivity contribution >= 4 is 27.5 Å². The van der Waals surface area contributed by atoms with Gasteiger partial charge < -0.3 is 10.2 Å². The lowest BCUT2D eigenvalue weighted by molar-refractivity contribution is -0.137. The van der Waals surface area contributed by atoms with Crippen LogP contribution < -0.4 is 10.5 Å². The molecule has 2 saturated heterocycles. The number of nitrogens with two attached hydrogens (primary N) is 1. The molecule has 1 unspecified atom stereocenters. The van der Waals surface area contributed by atoms with Crippen LogP contribution in [-0.2, 0) is 19.6 Å². The van der Waals surface area contributed by atoms with Gasteiger partial charge >= 0.3 is 0 Å². The molecule has 0 aliphatic carbocycles. The van der Waals surface area contributed by atoms with Gasteiger partial charge in [-0.2, -0.15) is 0 Å². The zero-order valence-corrected chi connectivity index (χ0v) is 16.8. The molecule has 1 atom stereocenters. The fourth-order valence-corrected chi connectivity index (χ4v) is 4.47. The number of carbonyl (C=O) groups is 2. The maximum absolute atomic E-state index is 12.8. The van der Waals surface area contributed by atoms with Crippen molar-refractivity contribution in [2.45, 2.75) is 49.5 Å². The first kappa shape index (κ1) is 20.8. The van der Waals surface area contributed by atoms with E-state index >= 15 is 0 Å². The second-order valence-corrected chi connectivity index (χ2v) is 9.01. The Bertz CT molecular complexity index is 821. The SMILES string of the molecule is NS(=O)(=O)c1cccc(NC(=O)CCN2CCCCC2C(=O)N2CCCC2)c1. The molecular formula is C19H28N4O4S. The van der Waals surface area contributed by atoms with E-state index in [4.69, 9.17) is 5.14 Å². The van der Waals surface area contributed by atoms with Crippen molar-refractivity contribution in [1.29, 1.82) is 0 Å². The molecule has 3 N–H and O–H groups in total. The van der Waals surface area contributed by atoms with E-state index in [0.29, 0.717) is 12.2 Å². The number of hydrogen-bond donors (Lipinski definition) is 2. The van der Waals surface area contributed by atoms with Gasteiger partial charge in [-0.1, -0.05) is 12.5 Å². The number of primary sulfonamides is 1. The molecule has 2 aliphatic rings. The Balaban J connectivity index is 1.56. The van der Waals surface area contributed by atoms with Crippen molar-refractivity contribution in [2.75, 3.05) is 31.5 Å². The van der Waals surface area contributed by atoms with Crippen molar-refractivity contribution in [2.24, 2.45) is 5.14 Å². The second kappa shape index (κ2) is 9.02. The Morgan fingerprint density at radius 1 is 1.11 bits per heavy atom. The van der Waals surface area contributed by atoms with Gasteiger partial charge in [0.15, 0.2) is 0 Å². The van der Waals surface area contributed by atoms with Crippen LogP contribution >= 0.6 is 0 Å². The van der Waals surface area contributed by atoms with Crippen LogP contribution in [-0.4, -0.2) is 62.3 Å². The van der Waals surface area contributed by atoms with Crippen LogP contribution in [0, 0.1) is 0 Å². The van der Waals surface area contributed by atoms with Crippen molar-refractivity contribution in [3.05, 3.63) is 24.3 Å². The standard InChI is InChI=1S/C19H28N4O4S/c20-28(26,27)16-7-5-6-15(14-16)21-18(24)9-13-22-10-2-1-8-17(22)19(25)23-11-3-4-12-23/h5-7,14,17H,1-4,8-13H2,(H,21,24)(H2,20,26,27). The average molecular weight is 409 g/mol. The van der Waals surface area contributed by atoms with Crippen molar-refractivity contribution in [3.63, 3.8) is 0 Å². The minimum atomic E-state index is -3.82. The number of piperidine rings is 1. The number of carbonyl (C=O) groups excluding carboxylic acids is 2. The summed E-state index contributed by atoms with van der Waals surface area (Å²) in [5.41, 5.74) is 0.389. The summed E-state index contributed by atoms with van der Waals surface area (Å²) in [6, 6.07) is 5.74. The first-order valence-electron chi connectivity index (χ1n) is 9.80. The van der Waals surface area contributed by atoms with Crippen LogP contribution in [0.5, 0.6) is 0 Å². The van der Waals surface area contributed by atoms with E-state index in [1.807, 2.05) is 4.90 Å². The molecule has 8 nitrogen and oxygen atoms in total. The van der Waals surface area contributed by atoms with Gasteiger partial charge in [-0.25, -0.2) is 13.6 Å². The molecule has 0 aromatic heterocycles. The number of benzene rings is 1. The highest BCUT2D eigenvalue weighted by atomic mass is 32.2. The van der Waals surface area contributed by atoms with Crippen LogP contribution in [0.3, 0.4) is 0 Å². The monoisotopic (exact) mass is 408 g/mol. The highest BCUT2D eigenvalue weighted by Gasteiger charge is 2.32. The van der Waals surface area contributed by atoms with Crippen molar-refractivity contribution in [3.8, 4) is 0 Å². The maximum Gasteiger partial charge on any atom is 0.239 e. The number of amides is 2. The lowest BCUT2D eigenvalue weighted by Crippen LogP contribution is -2.50. The summed E-state index contributed by atoms with van der Waals surface area (Å²) in [6.45, 7) is 3.00. The van der Waals surface area contributed by atoms with Gasteiger partial charge in [0.2, 0.25) is 21.8 Å². The Labute approximate surface area is 166 Å². The van der Waals surface area contributed by atoms with Crippen LogP contribution in [0.4, 0.5) is 5.69 Å². The van der Waals surface area contributed by atoms with E-state index < -0.39 is 10.0 Å². The van der Waals surface area contributed by atoms with Gasteiger partial charge in [-0.05, 0) is 50.4 Å². The number of sulfonamides is 1. The molecule has 0 radical (unpaired) electrons. The van der Waals surface area contributed by atoms with Crippen LogP contribution in [0.2, 0.25) is 0 Å². The summed E-state index contributed by atoms with van der Waals surface area (Å²) < 4.78 is 22.9. The first-order valence-corrected chi connectivity index (χ1v) is 11.3. The molecule has 2 aliphatic heterocycles. The molecule has 2 fully saturated rings. The normalized spacial score (nSPS) is 20.9. The fraction of sp³-hybridized carbons (Fsp3) is 0.579. The predicted octanol–water partition coefficient (Wildman–Crippen LogP) is 1.14. The minimum Gasteiger partial charge on any atom is -0.341 e. The largest absolute Gasteiger partial charge is 0.341 e. The second-order valence-electron chi connectivity index (χ2n) is 7.45. The van der Waals surface area contributed by atoms with Crippen LogP contribution in [0.25, 0.3) is 0 Å². The summed E-state index contributed by atoms with van der Waals surface area (Å²) in [5, 5.41) is 7.84. The van der Waals surface area contributed by atoms with Gasteiger partial charge in [0, 0.05) is 31.7 Å². The lowest BCUT2D eigenvalue weighted by Gasteiger charge is -2.36. The number of likely N-dealkylation sites (tertiary alicyclic amines) is 2. The molecule has 1 aromatic carbocycles. The Morgan fingerprint density at radius 2 is 1.82 bits per heavy atom. The summed E-state index contributed by atoms with van der Waals surface area (Å²) >= 11 is 0. The molecule has 1 aromatic rings. The van der Waals surface area contributed by atoms with Gasteiger partial charge in [0.1, 0.15) is 0 Å². The highest BCUT2D eigenvalue weighted by Crippen LogP contribution is 2.22. The summed E-state index contributed by atoms with van der Waals surface area (Å²) in [6.07, 6.45) is 5.28. The molecule has 28 heavy (non-hydrogen) atoms. The van der Waals surface area contributed by atoms with E-state index in [2.05, 4.69) is 10.2 Å². The van der Waals surface area contributed by atoms with E-state index in [9.17, 15) is 18.0 Å². The Hall–Kier alpha value is -1.97. The minimum absolute atomic E-state index is 0.0439. The molecule has 2 amide bonds. The predicted molar refractivity (Wildman–Crippen MR) is 106 cm³/mol. The van der Waals surface area contributed by atoms with Crippen molar-refractivity contribution < 1.29 is 18.0 Å². The molecule has 0 saturated carbocycles. The smallest absolute Gasteiger partial charge is 0.239 e. The number of nitrogens with one attached hydrogen (secondary N) is 1. The lowest BCUT2D eigenvalue weighted by atomic mass is 10.0. The third-order valence-electron chi connectivity index (χ3n) is 5.39. The van der Waals surface area contributed by atoms with Gasteiger partial charge in [-0.15, -0.1) is 0 Å². The molecule has 0 spiro atoms. The molecule has 3 rings (SSSR count). The fourth-order valence-electron chi connectivity index (χ4n) is 3.91. The molecule has 0 bridgehead atoms. The summed E-state index contributed by atoms with van der Waals surface area (Å²) in [5.74, 6) is -0.0250. The Morgan fingerprint density at radius 3 is 2.54 bits per heavy atom. The maximum atomic E-state index is 12.8. The number of anilines is 1. The Kier molecular flexibility index (Phi) is 6.69. The van der Waals surface area contributed by atoms with Crippen molar-refractivity contribution in [1.82, 2.24) is 9.80 Å². The third-order valence-corrected chi connectivity index (χ3v) is 6.30. The van der Waals surface area contributed by atoms with Gasteiger partial charge in [0.05, 0.1) is 10.9 Å². The summed E-state index contributed by atoms with van der Waals surface area (Å²) in [4.78, 5) is 29.1. The summed E-state index contributed by atoms with van der Waals surface area (Å²) in [7, 11) is -3.82. The third kappa shape index (κ3) is 5.30.